The second kappa shape index (κ2) is 9.42. The van der Waals surface area contributed by atoms with Gasteiger partial charge in [0.05, 0.1) is 0 Å². The van der Waals surface area contributed by atoms with Gasteiger partial charge in [-0.1, -0.05) is 24.6 Å². The highest BCUT2D eigenvalue weighted by molar-refractivity contribution is 5.96. The first-order valence-corrected chi connectivity index (χ1v) is 10.7. The first-order valence-electron chi connectivity index (χ1n) is 10.7. The molecule has 28 heavy (non-hydrogen) atoms. The van der Waals surface area contributed by atoms with E-state index in [0.29, 0.717) is 0 Å². The molecular weight excluding hydrogens is 346 g/mol. The summed E-state index contributed by atoms with van der Waals surface area (Å²) in [5.41, 5.74) is 5.84. The van der Waals surface area contributed by atoms with Gasteiger partial charge in [0.15, 0.2) is 0 Å². The van der Waals surface area contributed by atoms with E-state index in [0.717, 1.165) is 63.5 Å². The molecule has 0 aliphatic carbocycles. The highest BCUT2D eigenvalue weighted by atomic mass is 16.2. The average Bonchev–Trinajstić information content (AvgIpc) is 2.73. The summed E-state index contributed by atoms with van der Waals surface area (Å²) in [6.45, 7) is 11.1. The summed E-state index contributed by atoms with van der Waals surface area (Å²) in [7, 11) is 2.14. The lowest BCUT2D eigenvalue weighted by atomic mass is 9.95. The summed E-state index contributed by atoms with van der Waals surface area (Å²) in [5, 5.41) is 3.47. The van der Waals surface area contributed by atoms with Gasteiger partial charge in [-0.05, 0) is 69.3 Å². The molecule has 0 bridgehead atoms. The fraction of sp³-hybridized carbons (Fsp3) is 0.542. The Morgan fingerprint density at radius 1 is 1.32 bits per heavy atom. The minimum absolute atomic E-state index is 0.177. The third-order valence-electron chi connectivity index (χ3n) is 6.08. The molecule has 1 aromatic rings. The van der Waals surface area contributed by atoms with Crippen LogP contribution in [0.1, 0.15) is 56.0 Å². The molecule has 0 atom stereocenters. The van der Waals surface area contributed by atoms with Crippen LogP contribution in [0.5, 0.6) is 0 Å². The van der Waals surface area contributed by atoms with Gasteiger partial charge in [0.1, 0.15) is 0 Å². The van der Waals surface area contributed by atoms with Crippen molar-refractivity contribution in [3.8, 4) is 0 Å². The van der Waals surface area contributed by atoms with Gasteiger partial charge >= 0.3 is 0 Å². The van der Waals surface area contributed by atoms with E-state index in [1.165, 1.54) is 22.4 Å². The van der Waals surface area contributed by atoms with E-state index in [-0.39, 0.29) is 5.91 Å². The summed E-state index contributed by atoms with van der Waals surface area (Å²) in [4.78, 5) is 17.4. The zero-order chi connectivity index (χ0) is 20.1. The first-order chi connectivity index (χ1) is 13.5. The molecule has 0 saturated carbocycles. The van der Waals surface area contributed by atoms with Crippen LogP contribution in [-0.4, -0.2) is 50.6 Å². The van der Waals surface area contributed by atoms with E-state index in [2.05, 4.69) is 62.3 Å². The van der Waals surface area contributed by atoms with Crippen molar-refractivity contribution in [3.05, 3.63) is 47.1 Å². The normalized spacial score (nSPS) is 18.8. The van der Waals surface area contributed by atoms with Crippen molar-refractivity contribution in [3.63, 3.8) is 0 Å². The number of allylic oxidation sites excluding steroid dienone is 1. The van der Waals surface area contributed by atoms with Crippen molar-refractivity contribution >= 4 is 17.2 Å². The largest absolute Gasteiger partial charge is 0.370 e. The van der Waals surface area contributed by atoms with Crippen LogP contribution in [0, 0.1) is 5.92 Å². The summed E-state index contributed by atoms with van der Waals surface area (Å²) in [5.74, 6) is 0.903. The SMILES string of the molecule is C/C=C(\C)CN(C)c1ccc(C(=O)N2CCC(C)CC2)cc1C1=CCCNC1. The Kier molecular flexibility index (Phi) is 6.95. The third kappa shape index (κ3) is 4.85. The molecule has 3 rings (SSSR count). The fourth-order valence-corrected chi connectivity index (χ4v) is 4.05. The number of carbonyl (C=O) groups is 1. The van der Waals surface area contributed by atoms with Crippen LogP contribution >= 0.6 is 0 Å². The Morgan fingerprint density at radius 2 is 2.07 bits per heavy atom. The monoisotopic (exact) mass is 381 g/mol. The summed E-state index contributed by atoms with van der Waals surface area (Å²) in [6, 6.07) is 6.26. The highest BCUT2D eigenvalue weighted by Gasteiger charge is 2.23. The van der Waals surface area contributed by atoms with E-state index < -0.39 is 0 Å². The predicted molar refractivity (Wildman–Crippen MR) is 119 cm³/mol. The van der Waals surface area contributed by atoms with Crippen LogP contribution in [-0.2, 0) is 0 Å². The lowest BCUT2D eigenvalue weighted by molar-refractivity contribution is 0.0697. The quantitative estimate of drug-likeness (QED) is 0.771. The maximum Gasteiger partial charge on any atom is 0.253 e. The number of amides is 1. The molecule has 1 aromatic carbocycles. The minimum atomic E-state index is 0.177. The number of piperidine rings is 1. The van der Waals surface area contributed by atoms with E-state index in [4.69, 9.17) is 0 Å². The Hall–Kier alpha value is -2.07. The number of hydrogen-bond acceptors (Lipinski definition) is 3. The molecule has 2 aliphatic heterocycles. The van der Waals surface area contributed by atoms with Crippen molar-refractivity contribution in [1.82, 2.24) is 10.2 Å². The van der Waals surface area contributed by atoms with E-state index >= 15 is 0 Å². The standard InChI is InChI=1S/C24H35N3O/c1-5-18(2)17-26(4)23-9-8-20(15-22(23)21-7-6-12-25-16-21)24(28)27-13-10-19(3)11-14-27/h5,7-9,15,19,25H,6,10-14,16-17H2,1-4H3/b18-5+. The molecule has 1 saturated heterocycles. The third-order valence-corrected chi connectivity index (χ3v) is 6.08. The van der Waals surface area contributed by atoms with Gasteiger partial charge in [0.2, 0.25) is 0 Å². The number of carbonyl (C=O) groups excluding carboxylic acids is 1. The molecule has 2 heterocycles. The smallest absolute Gasteiger partial charge is 0.253 e. The molecule has 4 nitrogen and oxygen atoms in total. The van der Waals surface area contributed by atoms with Crippen molar-refractivity contribution in [1.29, 1.82) is 0 Å². The minimum Gasteiger partial charge on any atom is -0.370 e. The van der Waals surface area contributed by atoms with Crippen LogP contribution in [0.4, 0.5) is 5.69 Å². The lowest BCUT2D eigenvalue weighted by Crippen LogP contribution is -2.38. The van der Waals surface area contributed by atoms with Gasteiger partial charge < -0.3 is 15.1 Å². The van der Waals surface area contributed by atoms with E-state index in [1.54, 1.807) is 0 Å². The van der Waals surface area contributed by atoms with Gasteiger partial charge in [-0.3, -0.25) is 4.79 Å². The molecule has 1 N–H and O–H groups in total. The van der Waals surface area contributed by atoms with Gasteiger partial charge in [-0.15, -0.1) is 0 Å². The number of rotatable bonds is 5. The van der Waals surface area contributed by atoms with E-state index in [1.807, 2.05) is 11.0 Å². The Morgan fingerprint density at radius 3 is 2.71 bits per heavy atom. The van der Waals surface area contributed by atoms with Crippen LogP contribution in [0.15, 0.2) is 35.9 Å². The van der Waals surface area contributed by atoms with Gasteiger partial charge in [0, 0.05) is 50.0 Å². The number of hydrogen-bond donors (Lipinski definition) is 1. The molecule has 1 fully saturated rings. The van der Waals surface area contributed by atoms with Crippen LogP contribution < -0.4 is 10.2 Å². The maximum atomic E-state index is 13.1. The van der Waals surface area contributed by atoms with Crippen LogP contribution in [0.2, 0.25) is 0 Å². The molecule has 4 heteroatoms. The van der Waals surface area contributed by atoms with Gasteiger partial charge in [-0.25, -0.2) is 0 Å². The van der Waals surface area contributed by atoms with Crippen LogP contribution in [0.25, 0.3) is 5.57 Å². The molecule has 1 amide bonds. The Bertz CT molecular complexity index is 757. The number of benzene rings is 1. The number of nitrogens with one attached hydrogen (secondary N) is 1. The number of likely N-dealkylation sites (N-methyl/N-ethyl adjacent to an activating group) is 1. The summed E-state index contributed by atoms with van der Waals surface area (Å²) in [6.07, 6.45) is 7.73. The average molecular weight is 382 g/mol. The second-order valence-electron chi connectivity index (χ2n) is 8.39. The number of nitrogens with zero attached hydrogens (tertiary/aromatic N) is 2. The fourth-order valence-electron chi connectivity index (χ4n) is 4.05. The Labute approximate surface area is 170 Å². The van der Waals surface area contributed by atoms with Crippen molar-refractivity contribution in [2.24, 2.45) is 5.92 Å². The predicted octanol–water partition coefficient (Wildman–Crippen LogP) is 4.34. The lowest BCUT2D eigenvalue weighted by Gasteiger charge is -2.31. The van der Waals surface area contributed by atoms with E-state index in [9.17, 15) is 4.79 Å². The molecule has 152 valence electrons. The molecule has 0 spiro atoms. The molecular formula is C24H35N3O. The molecule has 0 aromatic heterocycles. The molecule has 2 aliphatic rings. The highest BCUT2D eigenvalue weighted by Crippen LogP contribution is 2.30. The van der Waals surface area contributed by atoms with Crippen LogP contribution in [0.3, 0.4) is 0 Å². The zero-order valence-corrected chi connectivity index (χ0v) is 17.9. The summed E-state index contributed by atoms with van der Waals surface area (Å²) < 4.78 is 0. The second-order valence-corrected chi connectivity index (χ2v) is 8.39. The Balaban J connectivity index is 1.91. The van der Waals surface area contributed by atoms with Crippen molar-refractivity contribution < 1.29 is 4.79 Å². The number of likely N-dealkylation sites (tertiary alicyclic amines) is 1. The van der Waals surface area contributed by atoms with Crippen molar-refractivity contribution in [2.45, 2.75) is 40.0 Å². The summed E-state index contributed by atoms with van der Waals surface area (Å²) >= 11 is 0. The zero-order valence-electron chi connectivity index (χ0n) is 17.9. The van der Waals surface area contributed by atoms with Gasteiger partial charge in [-0.2, -0.15) is 0 Å². The van der Waals surface area contributed by atoms with Crippen molar-refractivity contribution in [2.75, 3.05) is 44.7 Å². The topological polar surface area (TPSA) is 35.6 Å². The number of anilines is 1. The first kappa shape index (κ1) is 20.7. The van der Waals surface area contributed by atoms with Gasteiger partial charge in [0.25, 0.3) is 5.91 Å². The molecule has 0 radical (unpaired) electrons. The maximum absolute atomic E-state index is 13.1. The molecule has 0 unspecified atom stereocenters.